The molecule has 0 saturated carbocycles. The number of carbonyl (C=O) groups is 1. The summed E-state index contributed by atoms with van der Waals surface area (Å²) in [6.45, 7) is 17.9. The van der Waals surface area contributed by atoms with E-state index in [-0.39, 0.29) is 22.2 Å². The number of benzene rings is 1. The minimum absolute atomic E-state index is 0.0335. The molecule has 0 fully saturated rings. The highest BCUT2D eigenvalue weighted by molar-refractivity contribution is 9.08. The van der Waals surface area contributed by atoms with E-state index in [0.717, 1.165) is 24.0 Å². The third-order valence-electron chi connectivity index (χ3n) is 4.62. The Morgan fingerprint density at radius 2 is 1.46 bits per heavy atom. The van der Waals surface area contributed by atoms with Crippen LogP contribution in [0.1, 0.15) is 60.5 Å². The van der Waals surface area contributed by atoms with Crippen molar-refractivity contribution in [2.45, 2.75) is 61.4 Å². The molecule has 1 aromatic carbocycles. The molecule has 162 valence electrons. The number of quaternary nitrogens is 1. The first-order valence-electron chi connectivity index (χ1n) is 10.1. The fourth-order valence-electron chi connectivity index (χ4n) is 4.31. The van der Waals surface area contributed by atoms with Gasteiger partial charge in [0.1, 0.15) is 6.54 Å². The zero-order valence-electron chi connectivity index (χ0n) is 19.9. The van der Waals surface area contributed by atoms with E-state index in [1.165, 1.54) is 5.56 Å². The molecular weight excluding hydrogens is 412 g/mol. The molecule has 0 heterocycles. The van der Waals surface area contributed by atoms with Crippen molar-refractivity contribution in [3.05, 3.63) is 35.9 Å². The van der Waals surface area contributed by atoms with Gasteiger partial charge in [0, 0.05) is 22.9 Å². The van der Waals surface area contributed by atoms with Gasteiger partial charge in [-0.15, -0.1) is 0 Å². The number of hydrogen-bond donors (Lipinski definition) is 1. The number of carbonyl (C=O) groups excluding carboxylic acids is 1. The van der Waals surface area contributed by atoms with Gasteiger partial charge < -0.3 is 9.80 Å². The Kier molecular flexibility index (Phi) is 10.4. The average Bonchev–Trinajstić information content (AvgIpc) is 2.51. The highest BCUT2D eigenvalue weighted by Gasteiger charge is 2.35. The van der Waals surface area contributed by atoms with Gasteiger partial charge in [-0.1, -0.05) is 94.7 Å². The third-order valence-corrected chi connectivity index (χ3v) is 4.62. The molecule has 0 spiro atoms. The fourth-order valence-corrected chi connectivity index (χ4v) is 4.31. The summed E-state index contributed by atoms with van der Waals surface area (Å²) >= 11 is 2.94. The molecule has 0 radical (unpaired) electrons. The normalized spacial score (nSPS) is 12.8. The summed E-state index contributed by atoms with van der Waals surface area (Å²) in [7, 11) is 4.53. The molecule has 0 aliphatic carbocycles. The average molecular weight is 457 g/mol. The van der Waals surface area contributed by atoms with Gasteiger partial charge in [0.05, 0.1) is 20.6 Å². The molecule has 3 nitrogen and oxygen atoms in total. The lowest BCUT2D eigenvalue weighted by Crippen LogP contribution is -2.50. The van der Waals surface area contributed by atoms with Crippen molar-refractivity contribution in [1.82, 2.24) is 5.32 Å². The van der Waals surface area contributed by atoms with Crippen LogP contribution in [0, 0.1) is 16.2 Å². The van der Waals surface area contributed by atoms with Crippen LogP contribution in [-0.4, -0.2) is 43.4 Å². The number of hydrogen-bond acceptors (Lipinski definition) is 1. The van der Waals surface area contributed by atoms with Gasteiger partial charge in [-0.25, -0.2) is 0 Å². The summed E-state index contributed by atoms with van der Waals surface area (Å²) < 4.78 is 0.901. The Bertz CT molecular complexity index is 586. The minimum atomic E-state index is -0.345. The Hall–Kier alpha value is -0.870. The van der Waals surface area contributed by atoms with Gasteiger partial charge in [0.2, 0.25) is 5.91 Å². The maximum absolute atomic E-state index is 12.7. The second kappa shape index (κ2) is 10.8. The number of nitrogens with zero attached hydrogens (tertiary/aromatic N) is 1. The van der Waals surface area contributed by atoms with Crippen LogP contribution < -0.4 is 5.32 Å². The second-order valence-corrected chi connectivity index (χ2v) is 11.2. The molecule has 0 saturated heterocycles. The van der Waals surface area contributed by atoms with Crippen LogP contribution >= 0.6 is 15.9 Å². The summed E-state index contributed by atoms with van der Waals surface area (Å²) in [4.78, 5) is 12.7. The number of amides is 1. The van der Waals surface area contributed by atoms with E-state index in [4.69, 9.17) is 0 Å². The Balaban J connectivity index is 0.00000352. The molecule has 1 aromatic rings. The summed E-state index contributed by atoms with van der Waals surface area (Å²) in [5, 5.41) is 3.22. The second-order valence-electron chi connectivity index (χ2n) is 11.2. The maximum Gasteiger partial charge on any atom is 0.225 e. The first kappa shape index (κ1) is 27.1. The van der Waals surface area contributed by atoms with Crippen molar-refractivity contribution in [2.75, 3.05) is 33.0 Å². The lowest BCUT2D eigenvalue weighted by Gasteiger charge is -2.38. The van der Waals surface area contributed by atoms with Crippen LogP contribution in [0.3, 0.4) is 0 Å². The van der Waals surface area contributed by atoms with Gasteiger partial charge in [0.15, 0.2) is 0 Å². The zero-order chi connectivity index (χ0) is 22.2. The topological polar surface area (TPSA) is 29.1 Å². The predicted molar refractivity (Wildman–Crippen MR) is 127 cm³/mol. The van der Waals surface area contributed by atoms with E-state index < -0.39 is 0 Å². The number of halogens is 1. The highest BCUT2D eigenvalue weighted by Crippen LogP contribution is 2.33. The number of rotatable bonds is 8. The van der Waals surface area contributed by atoms with Crippen molar-refractivity contribution in [2.24, 2.45) is 16.2 Å². The van der Waals surface area contributed by atoms with E-state index in [1.807, 2.05) is 5.83 Å². The quantitative estimate of drug-likeness (QED) is 0.384. The van der Waals surface area contributed by atoms with E-state index in [2.05, 4.69) is 114 Å². The maximum atomic E-state index is 12.7. The summed E-state index contributed by atoms with van der Waals surface area (Å²) in [6.07, 6.45) is 0.877. The molecule has 1 amide bonds. The predicted octanol–water partition coefficient (Wildman–Crippen LogP) is 5.88. The van der Waals surface area contributed by atoms with Crippen LogP contribution in [0.4, 0.5) is 0 Å². The van der Waals surface area contributed by atoms with E-state index in [1.54, 1.807) is 0 Å². The molecule has 0 bridgehead atoms. The lowest BCUT2D eigenvalue weighted by atomic mass is 9.75. The highest BCUT2D eigenvalue weighted by atomic mass is 79.9. The monoisotopic (exact) mass is 455 g/mol. The lowest BCUT2D eigenvalue weighted by molar-refractivity contribution is -0.909. The molecule has 1 N–H and O–H groups in total. The summed E-state index contributed by atoms with van der Waals surface area (Å²) in [5.41, 5.74) is 1.18. The van der Waals surface area contributed by atoms with E-state index >= 15 is 0 Å². The van der Waals surface area contributed by atoms with Crippen molar-refractivity contribution in [3.63, 3.8) is 0 Å². The molecule has 1 rings (SSSR count). The largest absolute Gasteiger partial charge is 0.355 e. The summed E-state index contributed by atoms with van der Waals surface area (Å²) in [5.74, 6) is 1.97. The summed E-state index contributed by atoms with van der Waals surface area (Å²) in [6, 6.07) is 10.6. The molecule has 0 atom stereocenters. The molecule has 0 aliphatic heterocycles. The molecule has 28 heavy (non-hydrogen) atoms. The van der Waals surface area contributed by atoms with Gasteiger partial charge in [0.25, 0.3) is 0 Å². The van der Waals surface area contributed by atoms with Crippen LogP contribution in [0.15, 0.2) is 30.3 Å². The number of nitrogens with one attached hydrogen (secondary N) is 1. The Labute approximate surface area is 183 Å². The van der Waals surface area contributed by atoms with Crippen molar-refractivity contribution < 1.29 is 9.28 Å². The molecule has 0 aromatic heterocycles. The van der Waals surface area contributed by atoms with Crippen LogP contribution in [-0.2, 0) is 11.3 Å². The molecule has 4 heteroatoms. The molecular formula is C24H44BrN2O+. The fraction of sp³-hybridized carbons (Fsp3) is 0.708. The third kappa shape index (κ3) is 11.2. The van der Waals surface area contributed by atoms with Gasteiger partial charge in [-0.05, 0) is 17.7 Å². The van der Waals surface area contributed by atoms with Gasteiger partial charge in [-0.2, -0.15) is 0 Å². The Morgan fingerprint density at radius 1 is 0.964 bits per heavy atom. The standard InChI is InChI=1S/C23H40N2O.CH3Br/c1-21(2,3)16-23(6,7)20(26)24-17-22(4,5)18-25(8,9)15-19-13-11-10-12-14-19;1-2/h10-14H,15-18H2,1-9H3;1H3/p+1. The van der Waals surface area contributed by atoms with Gasteiger partial charge in [-0.3, -0.25) is 4.79 Å². The zero-order valence-corrected chi connectivity index (χ0v) is 21.5. The molecule has 0 aliphatic rings. The van der Waals surface area contributed by atoms with Gasteiger partial charge >= 0.3 is 0 Å². The van der Waals surface area contributed by atoms with Crippen molar-refractivity contribution in [3.8, 4) is 0 Å². The van der Waals surface area contributed by atoms with E-state index in [0.29, 0.717) is 6.54 Å². The van der Waals surface area contributed by atoms with E-state index in [9.17, 15) is 4.79 Å². The minimum Gasteiger partial charge on any atom is -0.355 e. The smallest absolute Gasteiger partial charge is 0.225 e. The van der Waals surface area contributed by atoms with Crippen LogP contribution in [0.25, 0.3) is 0 Å². The Morgan fingerprint density at radius 3 is 1.93 bits per heavy atom. The molecule has 0 unspecified atom stereocenters. The van der Waals surface area contributed by atoms with Crippen LogP contribution in [0.2, 0.25) is 0 Å². The van der Waals surface area contributed by atoms with Crippen LogP contribution in [0.5, 0.6) is 0 Å². The first-order chi connectivity index (χ1) is 12.6. The first-order valence-corrected chi connectivity index (χ1v) is 11.7. The van der Waals surface area contributed by atoms with Crippen molar-refractivity contribution in [1.29, 1.82) is 0 Å². The SMILES string of the molecule is CBr.CC(C)(C)CC(C)(C)C(=O)NCC(C)(C)C[N+](C)(C)Cc1ccccc1. The number of alkyl halides is 1. The van der Waals surface area contributed by atoms with Crippen molar-refractivity contribution >= 4 is 21.8 Å².